The summed E-state index contributed by atoms with van der Waals surface area (Å²) in [6.45, 7) is 2.18. The maximum Gasteiger partial charge on any atom is 0.265 e. The number of hydrogen-bond donors (Lipinski definition) is 1. The molecule has 1 saturated heterocycles. The van der Waals surface area contributed by atoms with Crippen molar-refractivity contribution in [3.05, 3.63) is 11.6 Å². The highest BCUT2D eigenvalue weighted by Crippen LogP contribution is 2.29. The number of nitrogen functional groups attached to an aromatic ring is 1. The van der Waals surface area contributed by atoms with Gasteiger partial charge in [0.05, 0.1) is 0 Å². The summed E-state index contributed by atoms with van der Waals surface area (Å²) < 4.78 is 4.70. The molecule has 0 saturated carbocycles. The van der Waals surface area contributed by atoms with Crippen molar-refractivity contribution in [2.75, 3.05) is 11.5 Å². The maximum absolute atomic E-state index is 5.37. The molecular weight excluding hydrogens is 188 g/mol. The van der Waals surface area contributed by atoms with Crippen molar-refractivity contribution in [2.45, 2.75) is 24.6 Å². The van der Waals surface area contributed by atoms with Crippen LogP contribution in [0.25, 0.3) is 5.43 Å². The molecule has 1 aliphatic rings. The van der Waals surface area contributed by atoms with Gasteiger partial charge in [0.1, 0.15) is 0 Å². The fourth-order valence-electron chi connectivity index (χ4n) is 1.33. The van der Waals surface area contributed by atoms with Crippen LogP contribution < -0.4 is 10.5 Å². The van der Waals surface area contributed by atoms with Crippen molar-refractivity contribution in [1.82, 2.24) is 5.27 Å². The number of aromatic nitrogens is 2. The number of thioether (sulfide) groups is 1. The van der Waals surface area contributed by atoms with Crippen LogP contribution in [0.1, 0.15) is 13.3 Å². The molecule has 1 aliphatic heterocycles. The van der Waals surface area contributed by atoms with Crippen molar-refractivity contribution in [3.63, 3.8) is 0 Å². The monoisotopic (exact) mass is 200 g/mol. The number of nitrogens with zero attached hydrogens (tertiary/aromatic N) is 3. The van der Waals surface area contributed by atoms with Gasteiger partial charge in [0, 0.05) is 11.3 Å². The normalized spacial score (nSPS) is 27.8. The molecule has 2 heterocycles. The molecule has 2 atom stereocenters. The highest BCUT2D eigenvalue weighted by molar-refractivity contribution is 8.00. The van der Waals surface area contributed by atoms with E-state index in [1.807, 2.05) is 11.8 Å². The lowest BCUT2D eigenvalue weighted by atomic mass is 10.2. The van der Waals surface area contributed by atoms with Crippen molar-refractivity contribution in [2.24, 2.45) is 0 Å². The second-order valence-electron chi connectivity index (χ2n) is 3.07. The Balaban J connectivity index is 1.97. The minimum absolute atomic E-state index is 0.294. The topological polar surface area (TPSA) is 70.0 Å². The van der Waals surface area contributed by atoms with Crippen LogP contribution in [-0.2, 0) is 0 Å². The lowest BCUT2D eigenvalue weighted by Crippen LogP contribution is -2.36. The van der Waals surface area contributed by atoms with E-state index in [1.54, 1.807) is 6.20 Å². The molecule has 2 rings (SSSR count). The van der Waals surface area contributed by atoms with Crippen LogP contribution in [0.4, 0.5) is 5.88 Å². The Hall–Kier alpha value is -0.910. The van der Waals surface area contributed by atoms with Crippen LogP contribution in [0.3, 0.4) is 0 Å². The number of anilines is 1. The van der Waals surface area contributed by atoms with Gasteiger partial charge >= 0.3 is 0 Å². The average molecular weight is 200 g/mol. The predicted molar refractivity (Wildman–Crippen MR) is 50.2 cm³/mol. The average Bonchev–Trinajstić information content (AvgIpc) is 2.64. The molecule has 0 spiro atoms. The van der Waals surface area contributed by atoms with Crippen LogP contribution in [0.15, 0.2) is 10.7 Å². The number of hydrogen-bond acceptors (Lipinski definition) is 4. The third kappa shape index (κ3) is 1.88. The van der Waals surface area contributed by atoms with Crippen LogP contribution in [0.2, 0.25) is 0 Å². The first-order chi connectivity index (χ1) is 6.25. The quantitative estimate of drug-likeness (QED) is 0.709. The first-order valence-electron chi connectivity index (χ1n) is 4.22. The molecule has 1 aromatic heterocycles. The summed E-state index contributed by atoms with van der Waals surface area (Å²) in [7, 11) is 0. The Morgan fingerprint density at radius 2 is 2.69 bits per heavy atom. The van der Waals surface area contributed by atoms with Crippen molar-refractivity contribution < 1.29 is 9.31 Å². The molecule has 13 heavy (non-hydrogen) atoms. The van der Waals surface area contributed by atoms with E-state index in [0.717, 1.165) is 6.42 Å². The van der Waals surface area contributed by atoms with Crippen LogP contribution >= 0.6 is 11.8 Å². The van der Waals surface area contributed by atoms with Gasteiger partial charge in [-0.1, -0.05) is 11.7 Å². The molecule has 72 valence electrons. The second-order valence-corrected chi connectivity index (χ2v) is 4.56. The first-order valence-corrected chi connectivity index (χ1v) is 5.27. The summed E-state index contributed by atoms with van der Waals surface area (Å²) in [6.07, 6.45) is 2.68. The zero-order valence-corrected chi connectivity index (χ0v) is 8.20. The van der Waals surface area contributed by atoms with Gasteiger partial charge in [-0.2, -0.15) is 11.8 Å². The van der Waals surface area contributed by atoms with E-state index in [9.17, 15) is 0 Å². The van der Waals surface area contributed by atoms with E-state index in [-0.39, 0.29) is 0 Å². The van der Waals surface area contributed by atoms with Crippen molar-refractivity contribution in [1.29, 1.82) is 0 Å². The molecule has 1 fully saturated rings. The minimum Gasteiger partial charge on any atom is -0.382 e. The van der Waals surface area contributed by atoms with E-state index >= 15 is 0 Å². The van der Waals surface area contributed by atoms with Crippen LogP contribution in [0.5, 0.6) is 0 Å². The van der Waals surface area contributed by atoms with Crippen molar-refractivity contribution in [3.8, 4) is 0 Å². The fourth-order valence-corrected chi connectivity index (χ4v) is 2.49. The first kappa shape index (κ1) is 8.68. The molecule has 1 aromatic rings. The Bertz CT molecular complexity index is 290. The molecule has 0 amide bonds. The molecule has 2 unspecified atom stereocenters. The van der Waals surface area contributed by atoms with Gasteiger partial charge in [0.25, 0.3) is 12.1 Å². The zero-order chi connectivity index (χ0) is 9.26. The Morgan fingerprint density at radius 3 is 3.23 bits per heavy atom. The van der Waals surface area contributed by atoms with Crippen LogP contribution in [-0.4, -0.2) is 22.3 Å². The van der Waals surface area contributed by atoms with Gasteiger partial charge in [-0.15, -0.1) is 0 Å². The molecule has 0 radical (unpaired) electrons. The molecule has 6 heteroatoms. The largest absolute Gasteiger partial charge is 0.382 e. The van der Waals surface area contributed by atoms with Crippen LogP contribution in [0, 0.1) is 0 Å². The van der Waals surface area contributed by atoms with Gasteiger partial charge in [-0.3, -0.25) is 0 Å². The lowest BCUT2D eigenvalue weighted by molar-refractivity contribution is -0.699. The second kappa shape index (κ2) is 3.45. The summed E-state index contributed by atoms with van der Waals surface area (Å²) in [5.74, 6) is 1.46. The summed E-state index contributed by atoms with van der Waals surface area (Å²) in [6, 6.07) is 0.333. The molecule has 0 aliphatic carbocycles. The van der Waals surface area contributed by atoms with Gasteiger partial charge in [-0.05, 0) is 17.4 Å². The third-order valence-corrected chi connectivity index (χ3v) is 3.39. The molecular formula is C7H12N4OS. The minimum atomic E-state index is 0.294. The number of rotatable bonds is 2. The smallest absolute Gasteiger partial charge is 0.265 e. The summed E-state index contributed by atoms with van der Waals surface area (Å²) in [5, 5.41) is 4.22. The predicted octanol–water partition coefficient (Wildman–Crippen LogP) is 0.575. The fraction of sp³-hybridized carbons (Fsp3) is 0.714. The Kier molecular flexibility index (Phi) is 2.30. The third-order valence-electron chi connectivity index (χ3n) is 2.08. The molecule has 0 bridgehead atoms. The molecule has 5 nitrogen and oxygen atoms in total. The van der Waals surface area contributed by atoms with Gasteiger partial charge in [0.15, 0.2) is 0 Å². The van der Waals surface area contributed by atoms with E-state index in [4.69, 9.17) is 10.3 Å². The van der Waals surface area contributed by atoms with Gasteiger partial charge < -0.3 is 10.3 Å². The van der Waals surface area contributed by atoms with E-state index < -0.39 is 0 Å². The van der Waals surface area contributed by atoms with Gasteiger partial charge in [0.2, 0.25) is 0 Å². The summed E-state index contributed by atoms with van der Waals surface area (Å²) in [4.78, 5) is 1.42. The summed E-state index contributed by atoms with van der Waals surface area (Å²) in [5.41, 5.74) is 9.74. The SMILES string of the molecule is CC1SCCC1[N-][n+]1cc(N)on1. The van der Waals surface area contributed by atoms with Crippen molar-refractivity contribution >= 4 is 17.6 Å². The number of nitrogens with two attached hydrogens (primary N) is 1. The lowest BCUT2D eigenvalue weighted by Gasteiger charge is -2.14. The van der Waals surface area contributed by atoms with E-state index in [2.05, 4.69) is 17.6 Å². The maximum atomic E-state index is 5.37. The van der Waals surface area contributed by atoms with E-state index in [0.29, 0.717) is 17.2 Å². The highest BCUT2D eigenvalue weighted by Gasteiger charge is 2.24. The van der Waals surface area contributed by atoms with E-state index in [1.165, 1.54) is 10.5 Å². The van der Waals surface area contributed by atoms with Gasteiger partial charge in [-0.25, -0.2) is 5.43 Å². The molecule has 0 aromatic carbocycles. The zero-order valence-electron chi connectivity index (χ0n) is 7.38. The Labute approximate surface area is 80.6 Å². The molecule has 2 N–H and O–H groups in total. The highest BCUT2D eigenvalue weighted by atomic mass is 32.2. The summed E-state index contributed by atoms with van der Waals surface area (Å²) >= 11 is 1.93. The standard InChI is InChI=1S/C7H12N4OS/c1-5-6(2-3-13-5)9-11-4-7(8)12-10-11/h4-6H,2-3,8H2,1H3. The Morgan fingerprint density at radius 1 is 1.85 bits per heavy atom.